The summed E-state index contributed by atoms with van der Waals surface area (Å²) in [6.07, 6.45) is 3.17. The van der Waals surface area contributed by atoms with Gasteiger partial charge in [-0.2, -0.15) is 4.31 Å². The summed E-state index contributed by atoms with van der Waals surface area (Å²) in [4.78, 5) is 14.2. The molecule has 164 valence electrons. The molecule has 0 bridgehead atoms. The molecule has 1 saturated heterocycles. The zero-order valence-electron chi connectivity index (χ0n) is 16.8. The van der Waals surface area contributed by atoms with E-state index in [9.17, 15) is 13.2 Å². The van der Waals surface area contributed by atoms with Crippen LogP contribution in [0.2, 0.25) is 5.02 Å². The van der Waals surface area contributed by atoms with Gasteiger partial charge in [0.1, 0.15) is 10.6 Å². The fourth-order valence-corrected chi connectivity index (χ4v) is 5.27. The average Bonchev–Trinajstić information content (AvgIpc) is 3.25. The number of methoxy groups -OCH3 is 1. The van der Waals surface area contributed by atoms with Crippen LogP contribution < -0.4 is 14.2 Å². The summed E-state index contributed by atoms with van der Waals surface area (Å²) in [7, 11) is -2.39. The number of benzene rings is 2. The van der Waals surface area contributed by atoms with E-state index in [1.165, 1.54) is 29.6 Å². The van der Waals surface area contributed by atoms with Crippen LogP contribution in [0, 0.1) is 0 Å². The maximum absolute atomic E-state index is 13.0. The Balaban J connectivity index is 1.40. The quantitative estimate of drug-likeness (QED) is 0.632. The van der Waals surface area contributed by atoms with E-state index in [1.54, 1.807) is 29.2 Å². The maximum Gasteiger partial charge on any atom is 0.246 e. The molecule has 2 aliphatic heterocycles. The third-order valence-corrected chi connectivity index (χ3v) is 7.26. The molecule has 0 spiro atoms. The van der Waals surface area contributed by atoms with Crippen LogP contribution in [0.3, 0.4) is 0 Å². The number of hydrogen-bond acceptors (Lipinski definition) is 6. The summed E-state index contributed by atoms with van der Waals surface area (Å²) in [6, 6.07) is 9.90. The number of fused-ring (bicyclic) bond motifs is 1. The normalized spacial score (nSPS) is 16.6. The molecule has 2 heterocycles. The van der Waals surface area contributed by atoms with Crippen molar-refractivity contribution in [3.8, 4) is 17.2 Å². The van der Waals surface area contributed by atoms with E-state index in [0.29, 0.717) is 16.5 Å². The number of sulfonamides is 1. The van der Waals surface area contributed by atoms with Gasteiger partial charge in [-0.1, -0.05) is 17.7 Å². The molecule has 2 aromatic carbocycles. The minimum atomic E-state index is -3.80. The van der Waals surface area contributed by atoms with Gasteiger partial charge in [0.05, 0.1) is 7.11 Å². The first kappa shape index (κ1) is 21.5. The van der Waals surface area contributed by atoms with Gasteiger partial charge in [0, 0.05) is 37.3 Å². The lowest BCUT2D eigenvalue weighted by molar-refractivity contribution is -0.127. The Morgan fingerprint density at radius 2 is 1.81 bits per heavy atom. The largest absolute Gasteiger partial charge is 0.495 e. The highest BCUT2D eigenvalue weighted by Gasteiger charge is 2.32. The Morgan fingerprint density at radius 3 is 2.55 bits per heavy atom. The van der Waals surface area contributed by atoms with Gasteiger partial charge >= 0.3 is 0 Å². The molecule has 0 N–H and O–H groups in total. The summed E-state index contributed by atoms with van der Waals surface area (Å²) in [5.41, 5.74) is 0.812. The van der Waals surface area contributed by atoms with E-state index in [4.69, 9.17) is 25.8 Å². The van der Waals surface area contributed by atoms with Crippen LogP contribution in [0.25, 0.3) is 6.08 Å². The summed E-state index contributed by atoms with van der Waals surface area (Å²) in [6.45, 7) is 1.12. The van der Waals surface area contributed by atoms with Gasteiger partial charge in [-0.3, -0.25) is 4.79 Å². The minimum Gasteiger partial charge on any atom is -0.495 e. The Bertz CT molecular complexity index is 1130. The molecule has 0 atom stereocenters. The third-order valence-electron chi connectivity index (χ3n) is 5.11. The Kier molecular flexibility index (Phi) is 6.08. The second-order valence-electron chi connectivity index (χ2n) is 6.97. The van der Waals surface area contributed by atoms with E-state index < -0.39 is 10.0 Å². The highest BCUT2D eigenvalue weighted by Crippen LogP contribution is 2.33. The lowest BCUT2D eigenvalue weighted by Crippen LogP contribution is -2.50. The van der Waals surface area contributed by atoms with Crippen molar-refractivity contribution in [2.24, 2.45) is 0 Å². The van der Waals surface area contributed by atoms with E-state index in [2.05, 4.69) is 0 Å². The number of nitrogens with zero attached hydrogens (tertiary/aromatic N) is 2. The number of amides is 1. The number of carbonyl (C=O) groups excluding carboxylic acids is 1. The summed E-state index contributed by atoms with van der Waals surface area (Å²) >= 11 is 5.99. The van der Waals surface area contributed by atoms with Crippen LogP contribution in [0.5, 0.6) is 17.2 Å². The molecule has 2 aliphatic rings. The molecule has 0 saturated carbocycles. The van der Waals surface area contributed by atoms with Crippen LogP contribution in [0.4, 0.5) is 0 Å². The molecule has 0 aliphatic carbocycles. The number of ether oxygens (including phenoxy) is 3. The molecule has 1 amide bonds. The maximum atomic E-state index is 13.0. The van der Waals surface area contributed by atoms with Crippen molar-refractivity contribution >= 4 is 33.6 Å². The standard InChI is InChI=1S/C21H21ClN2O6S/c1-28-18-6-4-16(22)13-20(18)31(26,27)24-10-8-23(9-11-24)21(25)7-3-15-2-5-17-19(12-15)30-14-29-17/h2-7,12-13H,8-11,14H2,1H3. The first-order valence-corrected chi connectivity index (χ1v) is 11.4. The topological polar surface area (TPSA) is 85.4 Å². The van der Waals surface area contributed by atoms with Gasteiger partial charge in [0.25, 0.3) is 0 Å². The van der Waals surface area contributed by atoms with Gasteiger partial charge in [-0.25, -0.2) is 8.42 Å². The second-order valence-corrected chi connectivity index (χ2v) is 9.31. The Hall–Kier alpha value is -2.75. The average molecular weight is 465 g/mol. The van der Waals surface area contributed by atoms with Gasteiger partial charge in [0.2, 0.25) is 22.7 Å². The van der Waals surface area contributed by atoms with Crippen molar-refractivity contribution < 1.29 is 27.4 Å². The zero-order chi connectivity index (χ0) is 22.0. The summed E-state index contributed by atoms with van der Waals surface area (Å²) in [5.74, 6) is 1.37. The molecule has 10 heteroatoms. The van der Waals surface area contributed by atoms with Crippen molar-refractivity contribution in [2.75, 3.05) is 40.1 Å². The molecule has 31 heavy (non-hydrogen) atoms. The molecular formula is C21H21ClN2O6S. The molecular weight excluding hydrogens is 444 g/mol. The fourth-order valence-electron chi connectivity index (χ4n) is 3.43. The first-order chi connectivity index (χ1) is 14.9. The molecule has 4 rings (SSSR count). The molecule has 0 unspecified atom stereocenters. The van der Waals surface area contributed by atoms with Crippen molar-refractivity contribution in [1.29, 1.82) is 0 Å². The number of hydrogen-bond donors (Lipinski definition) is 0. The van der Waals surface area contributed by atoms with Crippen molar-refractivity contribution in [3.05, 3.63) is 53.1 Å². The van der Waals surface area contributed by atoms with Crippen molar-refractivity contribution in [2.45, 2.75) is 4.90 Å². The highest BCUT2D eigenvalue weighted by atomic mass is 35.5. The monoisotopic (exact) mass is 464 g/mol. The first-order valence-electron chi connectivity index (χ1n) is 9.59. The molecule has 1 fully saturated rings. The van der Waals surface area contributed by atoms with E-state index in [-0.39, 0.29) is 49.5 Å². The summed E-state index contributed by atoms with van der Waals surface area (Å²) in [5, 5.41) is 0.307. The van der Waals surface area contributed by atoms with Crippen molar-refractivity contribution in [3.63, 3.8) is 0 Å². The zero-order valence-corrected chi connectivity index (χ0v) is 18.4. The predicted molar refractivity (Wildman–Crippen MR) is 115 cm³/mol. The summed E-state index contributed by atoms with van der Waals surface area (Å²) < 4.78 is 43.2. The molecule has 0 radical (unpaired) electrons. The van der Waals surface area contributed by atoms with Crippen LogP contribution in [-0.4, -0.2) is 63.6 Å². The lowest BCUT2D eigenvalue weighted by Gasteiger charge is -2.33. The van der Waals surface area contributed by atoms with Gasteiger partial charge < -0.3 is 19.1 Å². The SMILES string of the molecule is COc1ccc(Cl)cc1S(=O)(=O)N1CCN(C(=O)C=Cc2ccc3c(c2)OCO3)CC1. The third kappa shape index (κ3) is 4.48. The van der Waals surface area contributed by atoms with Gasteiger partial charge in [-0.15, -0.1) is 0 Å². The molecule has 0 aromatic heterocycles. The predicted octanol–water partition coefficient (Wildman–Crippen LogP) is 2.62. The highest BCUT2D eigenvalue weighted by molar-refractivity contribution is 7.89. The smallest absolute Gasteiger partial charge is 0.246 e. The van der Waals surface area contributed by atoms with E-state index in [0.717, 1.165) is 5.56 Å². The van der Waals surface area contributed by atoms with Crippen LogP contribution in [0.1, 0.15) is 5.56 Å². The minimum absolute atomic E-state index is 0.0185. The second kappa shape index (κ2) is 8.78. The van der Waals surface area contributed by atoms with Gasteiger partial charge in [0.15, 0.2) is 11.5 Å². The van der Waals surface area contributed by atoms with Crippen LogP contribution >= 0.6 is 11.6 Å². The van der Waals surface area contributed by atoms with Crippen molar-refractivity contribution in [1.82, 2.24) is 9.21 Å². The number of rotatable bonds is 5. The lowest BCUT2D eigenvalue weighted by atomic mass is 10.2. The molecule has 2 aromatic rings. The molecule has 8 nitrogen and oxygen atoms in total. The van der Waals surface area contributed by atoms with Crippen LogP contribution in [-0.2, 0) is 14.8 Å². The van der Waals surface area contributed by atoms with E-state index in [1.807, 2.05) is 6.07 Å². The number of carbonyl (C=O) groups is 1. The number of piperazine rings is 1. The van der Waals surface area contributed by atoms with Crippen LogP contribution in [0.15, 0.2) is 47.4 Å². The fraction of sp³-hybridized carbons (Fsp3) is 0.286. The van der Waals surface area contributed by atoms with Gasteiger partial charge in [-0.05, 0) is 42.0 Å². The Morgan fingerprint density at radius 1 is 1.06 bits per heavy atom. The van der Waals surface area contributed by atoms with E-state index >= 15 is 0 Å². The number of halogens is 1. The Labute approximate surface area is 185 Å².